The van der Waals surface area contributed by atoms with Crippen molar-refractivity contribution in [1.82, 2.24) is 20.2 Å². The molecule has 2 saturated heterocycles. The molecule has 2 amide bonds. The maximum atomic E-state index is 11.9. The summed E-state index contributed by atoms with van der Waals surface area (Å²) in [6.45, 7) is 5.20. The van der Waals surface area contributed by atoms with Crippen LogP contribution in [0.25, 0.3) is 0 Å². The first-order chi connectivity index (χ1) is 13.6. The van der Waals surface area contributed by atoms with Crippen LogP contribution in [0.4, 0.5) is 5.95 Å². The number of rotatable bonds is 6. The van der Waals surface area contributed by atoms with Gasteiger partial charge in [-0.15, -0.1) is 0 Å². The maximum absolute atomic E-state index is 11.9. The van der Waals surface area contributed by atoms with E-state index in [0.717, 1.165) is 57.9 Å². The van der Waals surface area contributed by atoms with Crippen LogP contribution in [0.5, 0.6) is 0 Å². The molecule has 0 bridgehead atoms. The Kier molecular flexibility index (Phi) is 5.90. The van der Waals surface area contributed by atoms with Gasteiger partial charge in [-0.25, -0.2) is 9.97 Å². The highest BCUT2D eigenvalue weighted by molar-refractivity contribution is 5.98. The number of unbranched alkanes of at least 4 members (excludes halogenated alkanes) is 1. The summed E-state index contributed by atoms with van der Waals surface area (Å²) in [5, 5.41) is 2.48. The number of amides is 2. The van der Waals surface area contributed by atoms with Crippen LogP contribution in [-0.2, 0) is 9.59 Å². The second kappa shape index (κ2) is 8.55. The fourth-order valence-electron chi connectivity index (χ4n) is 5.42. The predicted octanol–water partition coefficient (Wildman–Crippen LogP) is 1.99. The summed E-state index contributed by atoms with van der Waals surface area (Å²) in [5.74, 6) is 1.24. The number of piperazine rings is 1. The Morgan fingerprint density at radius 1 is 1.04 bits per heavy atom. The second-order valence-corrected chi connectivity index (χ2v) is 8.65. The highest BCUT2D eigenvalue weighted by Crippen LogP contribution is 2.51. The van der Waals surface area contributed by atoms with Gasteiger partial charge >= 0.3 is 0 Å². The van der Waals surface area contributed by atoms with E-state index in [0.29, 0.717) is 18.8 Å². The Morgan fingerprint density at radius 3 is 2.46 bits per heavy atom. The number of carbonyl (C=O) groups excluding carboxylic acids is 2. The minimum Gasteiger partial charge on any atom is -0.338 e. The molecule has 28 heavy (non-hydrogen) atoms. The molecule has 1 N–H and O–H groups in total. The molecule has 152 valence electrons. The fourth-order valence-corrected chi connectivity index (χ4v) is 5.42. The molecular weight excluding hydrogens is 354 g/mol. The minimum atomic E-state index is -0.0663. The zero-order valence-electron chi connectivity index (χ0n) is 16.6. The van der Waals surface area contributed by atoms with Gasteiger partial charge in [-0.1, -0.05) is 12.8 Å². The molecular formula is C21H31N5O2. The van der Waals surface area contributed by atoms with Crippen LogP contribution in [0, 0.1) is 11.3 Å². The third-order valence-electron chi connectivity index (χ3n) is 6.88. The molecule has 3 heterocycles. The van der Waals surface area contributed by atoms with Gasteiger partial charge in [0, 0.05) is 51.4 Å². The molecule has 2 aliphatic heterocycles. The van der Waals surface area contributed by atoms with Crippen molar-refractivity contribution < 1.29 is 9.59 Å². The van der Waals surface area contributed by atoms with Crippen LogP contribution in [0.2, 0.25) is 0 Å². The Morgan fingerprint density at radius 2 is 1.75 bits per heavy atom. The minimum absolute atomic E-state index is 0.0409. The van der Waals surface area contributed by atoms with Crippen LogP contribution >= 0.6 is 0 Å². The van der Waals surface area contributed by atoms with Crippen molar-refractivity contribution in [3.63, 3.8) is 0 Å². The molecule has 1 aliphatic carbocycles. The average Bonchev–Trinajstić information content (AvgIpc) is 3.06. The molecule has 4 rings (SSSR count). The lowest BCUT2D eigenvalue weighted by Crippen LogP contribution is -2.47. The number of nitrogens with one attached hydrogen (secondary N) is 1. The summed E-state index contributed by atoms with van der Waals surface area (Å²) in [7, 11) is 0. The predicted molar refractivity (Wildman–Crippen MR) is 107 cm³/mol. The quantitative estimate of drug-likeness (QED) is 0.596. The Bertz CT molecular complexity index is 671. The summed E-state index contributed by atoms with van der Waals surface area (Å²) < 4.78 is 0. The van der Waals surface area contributed by atoms with E-state index in [9.17, 15) is 9.59 Å². The van der Waals surface area contributed by atoms with Gasteiger partial charge in [-0.3, -0.25) is 19.8 Å². The number of nitrogens with zero attached hydrogens (tertiary/aromatic N) is 4. The van der Waals surface area contributed by atoms with Gasteiger partial charge in [0.25, 0.3) is 0 Å². The van der Waals surface area contributed by atoms with Gasteiger partial charge < -0.3 is 4.90 Å². The molecule has 7 heteroatoms. The lowest BCUT2D eigenvalue weighted by molar-refractivity contribution is -0.139. The molecule has 1 aromatic heterocycles. The zero-order valence-corrected chi connectivity index (χ0v) is 16.6. The summed E-state index contributed by atoms with van der Waals surface area (Å²) >= 11 is 0. The summed E-state index contributed by atoms with van der Waals surface area (Å²) in [6.07, 6.45) is 11.6. The summed E-state index contributed by atoms with van der Waals surface area (Å²) in [6, 6.07) is 1.85. The lowest BCUT2D eigenvalue weighted by Gasteiger charge is -2.38. The van der Waals surface area contributed by atoms with E-state index in [1.54, 1.807) is 12.4 Å². The van der Waals surface area contributed by atoms with Gasteiger partial charge in [0.2, 0.25) is 17.8 Å². The molecule has 1 atom stereocenters. The van der Waals surface area contributed by atoms with Crippen LogP contribution in [0.1, 0.15) is 51.4 Å². The van der Waals surface area contributed by atoms with E-state index in [4.69, 9.17) is 0 Å². The van der Waals surface area contributed by atoms with Gasteiger partial charge in [0.05, 0.1) is 0 Å². The van der Waals surface area contributed by atoms with Crippen LogP contribution in [0.3, 0.4) is 0 Å². The standard InChI is InChI=1S/C21H31N5O2/c27-18-15-21(16-19(28)24-18)7-3-6-17(21)5-1-2-10-25-11-13-26(14-12-25)20-22-8-4-9-23-20/h4,8-9,17H,1-3,5-7,10-16H2,(H,24,27,28). The third-order valence-corrected chi connectivity index (χ3v) is 6.88. The monoisotopic (exact) mass is 385 g/mol. The number of piperidine rings is 1. The fraction of sp³-hybridized carbons (Fsp3) is 0.714. The molecule has 0 radical (unpaired) electrons. The molecule has 7 nitrogen and oxygen atoms in total. The number of hydrogen-bond donors (Lipinski definition) is 1. The van der Waals surface area contributed by atoms with Gasteiger partial charge in [-0.05, 0) is 49.6 Å². The largest absolute Gasteiger partial charge is 0.338 e. The van der Waals surface area contributed by atoms with E-state index in [-0.39, 0.29) is 17.2 Å². The van der Waals surface area contributed by atoms with Gasteiger partial charge in [-0.2, -0.15) is 0 Å². The van der Waals surface area contributed by atoms with Crippen LogP contribution < -0.4 is 10.2 Å². The number of aromatic nitrogens is 2. The van der Waals surface area contributed by atoms with E-state index >= 15 is 0 Å². The van der Waals surface area contributed by atoms with Crippen molar-refractivity contribution in [2.45, 2.75) is 51.4 Å². The van der Waals surface area contributed by atoms with Crippen molar-refractivity contribution in [3.8, 4) is 0 Å². The zero-order chi connectivity index (χ0) is 19.4. The first-order valence-electron chi connectivity index (χ1n) is 10.7. The van der Waals surface area contributed by atoms with Crippen molar-refractivity contribution in [1.29, 1.82) is 0 Å². The van der Waals surface area contributed by atoms with Crippen molar-refractivity contribution in [2.24, 2.45) is 11.3 Å². The lowest BCUT2D eigenvalue weighted by atomic mass is 9.69. The highest BCUT2D eigenvalue weighted by atomic mass is 16.2. The van der Waals surface area contributed by atoms with Crippen LogP contribution in [-0.4, -0.2) is 59.4 Å². The number of hydrogen-bond acceptors (Lipinski definition) is 6. The number of anilines is 1. The highest BCUT2D eigenvalue weighted by Gasteiger charge is 2.47. The molecule has 3 fully saturated rings. The first kappa shape index (κ1) is 19.3. The molecule has 0 aromatic carbocycles. The van der Waals surface area contributed by atoms with Gasteiger partial charge in [0.15, 0.2) is 0 Å². The average molecular weight is 386 g/mol. The Balaban J connectivity index is 1.18. The topological polar surface area (TPSA) is 78.4 Å². The molecule has 1 saturated carbocycles. The smallest absolute Gasteiger partial charge is 0.227 e. The van der Waals surface area contributed by atoms with Gasteiger partial charge in [0.1, 0.15) is 0 Å². The molecule has 1 unspecified atom stereocenters. The normalized spacial score (nSPS) is 25.3. The van der Waals surface area contributed by atoms with Crippen molar-refractivity contribution in [3.05, 3.63) is 18.5 Å². The van der Waals surface area contributed by atoms with Crippen molar-refractivity contribution in [2.75, 3.05) is 37.6 Å². The first-order valence-corrected chi connectivity index (χ1v) is 10.7. The Labute approximate surface area is 166 Å². The molecule has 1 spiro atoms. The molecule has 1 aromatic rings. The van der Waals surface area contributed by atoms with Crippen molar-refractivity contribution >= 4 is 17.8 Å². The SMILES string of the molecule is O=C1CC2(CCCC2CCCCN2CCN(c3ncccn3)CC2)CC(=O)N1. The second-order valence-electron chi connectivity index (χ2n) is 8.65. The molecule has 3 aliphatic rings. The number of carbonyl (C=O) groups is 2. The van der Waals surface area contributed by atoms with E-state index < -0.39 is 0 Å². The van der Waals surface area contributed by atoms with E-state index in [2.05, 4.69) is 25.1 Å². The number of imide groups is 1. The Hall–Kier alpha value is -2.02. The van der Waals surface area contributed by atoms with E-state index in [1.165, 1.54) is 19.3 Å². The maximum Gasteiger partial charge on any atom is 0.227 e. The van der Waals surface area contributed by atoms with E-state index in [1.807, 2.05) is 6.07 Å². The summed E-state index contributed by atoms with van der Waals surface area (Å²) in [4.78, 5) is 37.3. The third kappa shape index (κ3) is 4.35. The summed E-state index contributed by atoms with van der Waals surface area (Å²) in [5.41, 5.74) is -0.0409. The van der Waals surface area contributed by atoms with Crippen LogP contribution in [0.15, 0.2) is 18.5 Å².